The van der Waals surface area contributed by atoms with Gasteiger partial charge in [-0.05, 0) is 36.1 Å². The quantitative estimate of drug-likeness (QED) is 0.222. The van der Waals surface area contributed by atoms with E-state index in [4.69, 9.17) is 4.74 Å². The molecule has 1 saturated heterocycles. The number of non-ortho nitro benzene ring substituents is 1. The minimum Gasteiger partial charge on any atom is -0.456 e. The molecule has 0 radical (unpaired) electrons. The number of hydrogen-bond acceptors (Lipinski definition) is 10. The van der Waals surface area contributed by atoms with Gasteiger partial charge in [-0.15, -0.1) is 11.3 Å². The van der Waals surface area contributed by atoms with Crippen molar-refractivity contribution in [2.24, 2.45) is 11.8 Å². The zero-order valence-corrected chi connectivity index (χ0v) is 20.5. The number of carbonyl (C=O) groups excluding carboxylic acids is 2. The number of hydrogen-bond donors (Lipinski definition) is 2. The summed E-state index contributed by atoms with van der Waals surface area (Å²) in [6.07, 6.45) is 0.935. The lowest BCUT2D eigenvalue weighted by Crippen LogP contribution is -2.63. The van der Waals surface area contributed by atoms with Gasteiger partial charge >= 0.3 is 5.97 Å². The highest BCUT2D eigenvalue weighted by Crippen LogP contribution is 2.51. The Morgan fingerprint density at radius 1 is 1.40 bits per heavy atom. The molecule has 12 heteroatoms. The number of nitro groups is 1. The van der Waals surface area contributed by atoms with Crippen LogP contribution in [0.1, 0.15) is 30.0 Å². The number of carbonyl (C=O) groups is 2. The van der Waals surface area contributed by atoms with Crippen LogP contribution in [0.4, 0.5) is 5.69 Å². The van der Waals surface area contributed by atoms with Crippen LogP contribution in [0.5, 0.6) is 0 Å². The predicted molar refractivity (Wildman–Crippen MR) is 130 cm³/mol. The number of aliphatic hydroxyl groups excluding tert-OH is 2. The SMILES string of the molecule is C[C@@H](O)[C@H]1C(=O)N2C(C(=O)OCc3ccc([N+](=O)[O-])cc3)=C(SC=Cc3scnc3CO)[C@H](C)[C@H]12. The second kappa shape index (κ2) is 10.3. The molecule has 35 heavy (non-hydrogen) atoms. The average Bonchev–Trinajstić information content (AvgIpc) is 3.38. The summed E-state index contributed by atoms with van der Waals surface area (Å²) in [5.74, 6) is -1.82. The lowest BCUT2D eigenvalue weighted by molar-refractivity contribution is -0.384. The van der Waals surface area contributed by atoms with Gasteiger partial charge in [0.25, 0.3) is 5.69 Å². The van der Waals surface area contributed by atoms with Gasteiger partial charge in [-0.2, -0.15) is 0 Å². The Labute approximate surface area is 209 Å². The topological polar surface area (TPSA) is 143 Å². The second-order valence-corrected chi connectivity index (χ2v) is 10.0. The monoisotopic (exact) mass is 517 g/mol. The van der Waals surface area contributed by atoms with Crippen molar-refractivity contribution in [3.63, 3.8) is 0 Å². The van der Waals surface area contributed by atoms with Crippen LogP contribution in [0, 0.1) is 22.0 Å². The Kier molecular flexibility index (Phi) is 7.36. The zero-order chi connectivity index (χ0) is 25.3. The molecule has 2 aliphatic heterocycles. The van der Waals surface area contributed by atoms with Gasteiger partial charge in [0.1, 0.15) is 12.3 Å². The summed E-state index contributed by atoms with van der Waals surface area (Å²) in [5, 5.41) is 32.1. The summed E-state index contributed by atoms with van der Waals surface area (Å²) in [7, 11) is 0. The van der Waals surface area contributed by atoms with Crippen molar-refractivity contribution < 1.29 is 29.5 Å². The van der Waals surface area contributed by atoms with E-state index < -0.39 is 22.9 Å². The Balaban J connectivity index is 1.56. The molecule has 1 aromatic carbocycles. The van der Waals surface area contributed by atoms with Gasteiger partial charge in [0.05, 0.1) is 45.7 Å². The molecule has 1 fully saturated rings. The molecule has 0 unspecified atom stereocenters. The van der Waals surface area contributed by atoms with Crippen molar-refractivity contribution in [2.45, 2.75) is 39.2 Å². The molecule has 10 nitrogen and oxygen atoms in total. The van der Waals surface area contributed by atoms with Crippen molar-refractivity contribution in [1.82, 2.24) is 9.88 Å². The largest absolute Gasteiger partial charge is 0.456 e. The number of nitro benzene ring substituents is 1. The number of β-lactam (4-membered cyclic amide) rings is 1. The normalized spacial score (nSPS) is 22.3. The van der Waals surface area contributed by atoms with Crippen LogP contribution in [-0.2, 0) is 27.5 Å². The van der Waals surface area contributed by atoms with Gasteiger partial charge in [-0.25, -0.2) is 9.78 Å². The summed E-state index contributed by atoms with van der Waals surface area (Å²) in [6, 6.07) is 5.31. The van der Waals surface area contributed by atoms with Crippen LogP contribution in [0.2, 0.25) is 0 Å². The maximum atomic E-state index is 13.1. The average molecular weight is 518 g/mol. The molecule has 2 aromatic rings. The van der Waals surface area contributed by atoms with Gasteiger partial charge in [0.15, 0.2) is 0 Å². The smallest absolute Gasteiger partial charge is 0.356 e. The lowest BCUT2D eigenvalue weighted by atomic mass is 9.79. The number of amides is 1. The Hall–Kier alpha value is -3.06. The van der Waals surface area contributed by atoms with Crippen LogP contribution < -0.4 is 0 Å². The fraction of sp³-hybridized carbons (Fsp3) is 0.348. The first-order chi connectivity index (χ1) is 16.7. The van der Waals surface area contributed by atoms with E-state index in [1.165, 1.54) is 52.3 Å². The van der Waals surface area contributed by atoms with E-state index in [2.05, 4.69) is 4.98 Å². The molecule has 3 heterocycles. The third-order valence-corrected chi connectivity index (χ3v) is 7.98. The zero-order valence-electron chi connectivity index (χ0n) is 18.9. The lowest BCUT2D eigenvalue weighted by Gasteiger charge is -2.46. The standard InChI is InChI=1S/C23H23N3O7S2/c1-12-19-18(13(2)28)22(29)25(19)20(21(12)34-8-7-17-16(9-27)24-11-35-17)23(30)33-10-14-3-5-15(6-4-14)26(31)32/h3-8,11-13,18-19,27-28H,9-10H2,1-2H3/t12-,13-,18-,19-/m1/s1. The number of benzene rings is 1. The Bertz CT molecular complexity index is 1210. The number of fused-ring (bicyclic) bond motifs is 1. The minimum absolute atomic E-state index is 0.0682. The third kappa shape index (κ3) is 4.74. The molecule has 1 amide bonds. The van der Waals surface area contributed by atoms with E-state index in [1.807, 2.05) is 6.92 Å². The van der Waals surface area contributed by atoms with E-state index >= 15 is 0 Å². The molecule has 0 saturated carbocycles. The molecule has 2 aliphatic rings. The Morgan fingerprint density at radius 3 is 2.74 bits per heavy atom. The van der Waals surface area contributed by atoms with E-state index in [-0.39, 0.29) is 42.5 Å². The van der Waals surface area contributed by atoms with E-state index in [0.29, 0.717) is 16.2 Å². The maximum Gasteiger partial charge on any atom is 0.356 e. The summed E-state index contributed by atoms with van der Waals surface area (Å²) < 4.78 is 5.47. The van der Waals surface area contributed by atoms with Crippen molar-refractivity contribution in [3.05, 3.63) is 72.0 Å². The second-order valence-electron chi connectivity index (χ2n) is 8.21. The molecule has 0 spiro atoms. The summed E-state index contributed by atoms with van der Waals surface area (Å²) in [5.41, 5.74) is 2.83. The van der Waals surface area contributed by atoms with Crippen molar-refractivity contribution in [1.29, 1.82) is 0 Å². The van der Waals surface area contributed by atoms with Crippen molar-refractivity contribution in [2.75, 3.05) is 0 Å². The van der Waals surface area contributed by atoms with Crippen molar-refractivity contribution >= 4 is 46.7 Å². The number of nitrogens with zero attached hydrogens (tertiary/aromatic N) is 3. The first kappa shape index (κ1) is 25.0. The van der Waals surface area contributed by atoms with Crippen LogP contribution >= 0.6 is 23.1 Å². The first-order valence-electron chi connectivity index (χ1n) is 10.8. The number of aliphatic hydroxyl groups is 2. The van der Waals surface area contributed by atoms with E-state index in [0.717, 1.165) is 4.88 Å². The third-order valence-electron chi connectivity index (χ3n) is 6.06. The van der Waals surface area contributed by atoms with Crippen molar-refractivity contribution in [3.8, 4) is 0 Å². The van der Waals surface area contributed by atoms with Crippen LogP contribution in [0.3, 0.4) is 0 Å². The molecule has 1 aromatic heterocycles. The maximum absolute atomic E-state index is 13.1. The number of aromatic nitrogens is 1. The summed E-state index contributed by atoms with van der Waals surface area (Å²) in [4.78, 5) is 43.2. The van der Waals surface area contributed by atoms with Gasteiger partial charge in [-0.1, -0.05) is 18.7 Å². The molecule has 2 N–H and O–H groups in total. The van der Waals surface area contributed by atoms with Gasteiger partial charge in [-0.3, -0.25) is 14.9 Å². The number of esters is 1. The summed E-state index contributed by atoms with van der Waals surface area (Å²) in [6.45, 7) is 3.16. The molecular weight excluding hydrogens is 494 g/mol. The summed E-state index contributed by atoms with van der Waals surface area (Å²) >= 11 is 2.65. The molecule has 0 bridgehead atoms. The number of thiazole rings is 1. The first-order valence-corrected chi connectivity index (χ1v) is 12.5. The van der Waals surface area contributed by atoms with Crippen LogP contribution in [0.15, 0.2) is 45.8 Å². The van der Waals surface area contributed by atoms with Crippen LogP contribution in [0.25, 0.3) is 6.08 Å². The van der Waals surface area contributed by atoms with Gasteiger partial charge < -0.3 is 19.8 Å². The molecule has 4 atom stereocenters. The molecule has 4 rings (SSSR count). The van der Waals surface area contributed by atoms with Gasteiger partial charge in [0.2, 0.25) is 5.91 Å². The minimum atomic E-state index is -0.854. The number of thioether (sulfide) groups is 1. The highest BCUT2D eigenvalue weighted by Gasteiger charge is 2.60. The highest BCUT2D eigenvalue weighted by molar-refractivity contribution is 8.06. The van der Waals surface area contributed by atoms with Gasteiger partial charge in [0, 0.05) is 23.0 Å². The molecular formula is C23H23N3O7S2. The molecule has 184 valence electrons. The molecule has 0 aliphatic carbocycles. The number of rotatable bonds is 9. The van der Waals surface area contributed by atoms with E-state index in [9.17, 15) is 29.9 Å². The Morgan fingerprint density at radius 2 is 2.11 bits per heavy atom. The van der Waals surface area contributed by atoms with E-state index in [1.54, 1.807) is 23.9 Å². The fourth-order valence-corrected chi connectivity index (χ4v) is 6.08. The fourth-order valence-electron chi connectivity index (χ4n) is 4.30. The predicted octanol–water partition coefficient (Wildman–Crippen LogP) is 3.06. The number of ether oxygens (including phenoxy) is 1. The highest BCUT2D eigenvalue weighted by atomic mass is 32.2. The van der Waals surface area contributed by atoms with Crippen LogP contribution in [-0.4, -0.2) is 49.0 Å².